The SMILES string of the molecule is C=CCC1CCCC1C(=C)N1CCCC1. The molecule has 2 fully saturated rings. The summed E-state index contributed by atoms with van der Waals surface area (Å²) in [6.45, 7) is 10.7. The Morgan fingerprint density at radius 1 is 1.20 bits per heavy atom. The first-order valence-electron chi connectivity index (χ1n) is 6.37. The van der Waals surface area contributed by atoms with Crippen LogP contribution in [-0.4, -0.2) is 18.0 Å². The zero-order valence-corrected chi connectivity index (χ0v) is 9.75. The van der Waals surface area contributed by atoms with E-state index in [-0.39, 0.29) is 0 Å². The molecule has 0 aromatic rings. The fourth-order valence-electron chi connectivity index (χ4n) is 3.21. The van der Waals surface area contributed by atoms with Gasteiger partial charge in [0.1, 0.15) is 0 Å². The first-order chi connectivity index (χ1) is 7.33. The topological polar surface area (TPSA) is 3.24 Å². The van der Waals surface area contributed by atoms with E-state index in [9.17, 15) is 0 Å². The summed E-state index contributed by atoms with van der Waals surface area (Å²) in [7, 11) is 0. The van der Waals surface area contributed by atoms with Gasteiger partial charge in [-0.05, 0) is 38.0 Å². The molecule has 0 amide bonds. The minimum absolute atomic E-state index is 0.751. The molecule has 0 spiro atoms. The number of hydrogen-bond donors (Lipinski definition) is 0. The Bertz CT molecular complexity index is 238. The summed E-state index contributed by atoms with van der Waals surface area (Å²) in [6.07, 6.45) is 10.1. The van der Waals surface area contributed by atoms with E-state index in [2.05, 4.69) is 24.1 Å². The maximum absolute atomic E-state index is 4.34. The van der Waals surface area contributed by atoms with Gasteiger partial charge in [0.15, 0.2) is 0 Å². The van der Waals surface area contributed by atoms with Crippen LogP contribution in [0.2, 0.25) is 0 Å². The lowest BCUT2D eigenvalue weighted by atomic mass is 9.90. The smallest absolute Gasteiger partial charge is 0.0175 e. The van der Waals surface area contributed by atoms with Gasteiger partial charge in [-0.25, -0.2) is 0 Å². The second-order valence-corrected chi connectivity index (χ2v) is 5.01. The summed E-state index contributed by atoms with van der Waals surface area (Å²) in [5, 5.41) is 0. The van der Waals surface area contributed by atoms with Crippen LogP contribution in [0.3, 0.4) is 0 Å². The maximum Gasteiger partial charge on any atom is 0.0175 e. The fourth-order valence-corrected chi connectivity index (χ4v) is 3.21. The van der Waals surface area contributed by atoms with Gasteiger partial charge in [-0.3, -0.25) is 0 Å². The molecule has 84 valence electrons. The van der Waals surface area contributed by atoms with Gasteiger partial charge >= 0.3 is 0 Å². The highest BCUT2D eigenvalue weighted by molar-refractivity contribution is 5.06. The van der Waals surface area contributed by atoms with Crippen molar-refractivity contribution in [3.05, 3.63) is 24.9 Å². The van der Waals surface area contributed by atoms with Crippen LogP contribution < -0.4 is 0 Å². The molecule has 2 aliphatic rings. The maximum atomic E-state index is 4.34. The Hall–Kier alpha value is -0.720. The van der Waals surface area contributed by atoms with Crippen molar-refractivity contribution in [3.63, 3.8) is 0 Å². The van der Waals surface area contributed by atoms with E-state index in [1.807, 2.05) is 0 Å². The lowest BCUT2D eigenvalue weighted by molar-refractivity contribution is 0.319. The van der Waals surface area contributed by atoms with Gasteiger partial charge in [0, 0.05) is 24.7 Å². The summed E-state index contributed by atoms with van der Waals surface area (Å²) >= 11 is 0. The first-order valence-corrected chi connectivity index (χ1v) is 6.37. The molecular formula is C14H23N. The molecule has 0 N–H and O–H groups in total. The van der Waals surface area contributed by atoms with Crippen LogP contribution in [0.25, 0.3) is 0 Å². The highest BCUT2D eigenvalue weighted by Crippen LogP contribution is 2.40. The Morgan fingerprint density at radius 3 is 2.60 bits per heavy atom. The lowest BCUT2D eigenvalue weighted by Gasteiger charge is -2.29. The van der Waals surface area contributed by atoms with Crippen molar-refractivity contribution >= 4 is 0 Å². The third-order valence-corrected chi connectivity index (χ3v) is 4.07. The number of allylic oxidation sites excluding steroid dienone is 2. The third kappa shape index (κ3) is 2.27. The lowest BCUT2D eigenvalue weighted by Crippen LogP contribution is -2.25. The first kappa shape index (κ1) is 10.8. The van der Waals surface area contributed by atoms with Crippen LogP contribution in [0.15, 0.2) is 24.9 Å². The Kier molecular flexibility index (Phi) is 3.50. The fraction of sp³-hybridized carbons (Fsp3) is 0.714. The predicted octanol–water partition coefficient (Wildman–Crippen LogP) is 3.59. The summed E-state index contributed by atoms with van der Waals surface area (Å²) in [5.41, 5.74) is 1.43. The van der Waals surface area contributed by atoms with Crippen LogP contribution in [0.1, 0.15) is 38.5 Å². The van der Waals surface area contributed by atoms with E-state index in [0.717, 1.165) is 11.8 Å². The largest absolute Gasteiger partial charge is 0.375 e. The number of likely N-dealkylation sites (tertiary alicyclic amines) is 1. The van der Waals surface area contributed by atoms with Gasteiger partial charge in [0.05, 0.1) is 0 Å². The van der Waals surface area contributed by atoms with Crippen LogP contribution in [0.4, 0.5) is 0 Å². The molecule has 1 saturated carbocycles. The normalized spacial score (nSPS) is 30.8. The number of rotatable bonds is 4. The van der Waals surface area contributed by atoms with Gasteiger partial charge in [-0.1, -0.05) is 19.1 Å². The Morgan fingerprint density at radius 2 is 1.93 bits per heavy atom. The molecule has 1 saturated heterocycles. The quantitative estimate of drug-likeness (QED) is 0.634. The summed E-state index contributed by atoms with van der Waals surface area (Å²) in [5.74, 6) is 1.58. The molecule has 0 aromatic heterocycles. The second kappa shape index (κ2) is 4.87. The minimum Gasteiger partial charge on any atom is -0.375 e. The molecular weight excluding hydrogens is 182 g/mol. The molecule has 2 atom stereocenters. The van der Waals surface area contributed by atoms with Crippen molar-refractivity contribution in [2.75, 3.05) is 13.1 Å². The van der Waals surface area contributed by atoms with Gasteiger partial charge < -0.3 is 4.90 Å². The molecule has 1 nitrogen and oxygen atoms in total. The molecule has 1 heterocycles. The van der Waals surface area contributed by atoms with Gasteiger partial charge in [0.2, 0.25) is 0 Å². The van der Waals surface area contributed by atoms with Gasteiger partial charge in [-0.15, -0.1) is 6.58 Å². The highest BCUT2D eigenvalue weighted by atomic mass is 15.2. The second-order valence-electron chi connectivity index (χ2n) is 5.01. The molecule has 0 aromatic carbocycles. The molecule has 2 unspecified atom stereocenters. The molecule has 1 aliphatic heterocycles. The Labute approximate surface area is 93.9 Å². The average molecular weight is 205 g/mol. The number of hydrogen-bond acceptors (Lipinski definition) is 1. The molecule has 0 bridgehead atoms. The van der Waals surface area contributed by atoms with Crippen molar-refractivity contribution in [1.82, 2.24) is 4.90 Å². The number of nitrogens with zero attached hydrogens (tertiary/aromatic N) is 1. The Balaban J connectivity index is 1.95. The third-order valence-electron chi connectivity index (χ3n) is 4.07. The van der Waals surface area contributed by atoms with Crippen molar-refractivity contribution in [2.24, 2.45) is 11.8 Å². The molecule has 1 aliphatic carbocycles. The molecule has 0 radical (unpaired) electrons. The van der Waals surface area contributed by atoms with E-state index >= 15 is 0 Å². The zero-order chi connectivity index (χ0) is 10.7. The van der Waals surface area contributed by atoms with Crippen molar-refractivity contribution < 1.29 is 0 Å². The van der Waals surface area contributed by atoms with Gasteiger partial charge in [0.25, 0.3) is 0 Å². The summed E-state index contributed by atoms with van der Waals surface area (Å²) < 4.78 is 0. The van der Waals surface area contributed by atoms with Crippen molar-refractivity contribution in [1.29, 1.82) is 0 Å². The van der Waals surface area contributed by atoms with Crippen LogP contribution in [0.5, 0.6) is 0 Å². The van der Waals surface area contributed by atoms with E-state index in [1.165, 1.54) is 57.3 Å². The van der Waals surface area contributed by atoms with E-state index in [4.69, 9.17) is 0 Å². The van der Waals surface area contributed by atoms with E-state index < -0.39 is 0 Å². The van der Waals surface area contributed by atoms with Crippen molar-refractivity contribution in [2.45, 2.75) is 38.5 Å². The van der Waals surface area contributed by atoms with Crippen molar-refractivity contribution in [3.8, 4) is 0 Å². The van der Waals surface area contributed by atoms with Crippen LogP contribution in [0, 0.1) is 11.8 Å². The monoisotopic (exact) mass is 205 g/mol. The van der Waals surface area contributed by atoms with Crippen LogP contribution >= 0.6 is 0 Å². The van der Waals surface area contributed by atoms with Gasteiger partial charge in [-0.2, -0.15) is 0 Å². The van der Waals surface area contributed by atoms with E-state index in [0.29, 0.717) is 0 Å². The van der Waals surface area contributed by atoms with Crippen LogP contribution in [-0.2, 0) is 0 Å². The average Bonchev–Trinajstić information content (AvgIpc) is 2.87. The molecule has 1 heteroatoms. The molecule has 2 rings (SSSR count). The zero-order valence-electron chi connectivity index (χ0n) is 9.75. The molecule has 15 heavy (non-hydrogen) atoms. The standard InChI is InChI=1S/C14H23N/c1-3-7-13-8-6-9-14(13)12(2)15-10-4-5-11-15/h3,13-14H,1-2,4-11H2. The summed E-state index contributed by atoms with van der Waals surface area (Å²) in [6, 6.07) is 0. The summed E-state index contributed by atoms with van der Waals surface area (Å²) in [4.78, 5) is 2.52. The highest BCUT2D eigenvalue weighted by Gasteiger charge is 2.31. The predicted molar refractivity (Wildman–Crippen MR) is 65.6 cm³/mol. The van der Waals surface area contributed by atoms with E-state index in [1.54, 1.807) is 0 Å². The minimum atomic E-state index is 0.751.